The molecule has 2 atom stereocenters. The predicted molar refractivity (Wildman–Crippen MR) is 83.7 cm³/mol. The first-order chi connectivity index (χ1) is 10.4. The van der Waals surface area contributed by atoms with E-state index in [-0.39, 0.29) is 23.5 Å². The maximum Gasteiger partial charge on any atom is 0.227 e. The third-order valence-corrected chi connectivity index (χ3v) is 5.96. The lowest BCUT2D eigenvalue weighted by molar-refractivity contribution is -0.136. The summed E-state index contributed by atoms with van der Waals surface area (Å²) in [5, 5.41) is 8.83. The molecule has 1 saturated heterocycles. The molecule has 0 spiro atoms. The molecule has 1 aliphatic rings. The van der Waals surface area contributed by atoms with E-state index in [1.807, 2.05) is 26.0 Å². The smallest absolute Gasteiger partial charge is 0.227 e. The van der Waals surface area contributed by atoms with Crippen LogP contribution in [0.4, 0.5) is 0 Å². The first-order valence-corrected chi connectivity index (χ1v) is 9.21. The van der Waals surface area contributed by atoms with Gasteiger partial charge < -0.3 is 4.90 Å². The molecule has 0 N–H and O–H groups in total. The van der Waals surface area contributed by atoms with E-state index in [9.17, 15) is 13.2 Å². The van der Waals surface area contributed by atoms with E-state index in [4.69, 9.17) is 5.26 Å². The molecule has 1 fully saturated rings. The third-order valence-electron chi connectivity index (χ3n) is 4.20. The van der Waals surface area contributed by atoms with Crippen molar-refractivity contribution >= 4 is 15.7 Å². The highest BCUT2D eigenvalue weighted by molar-refractivity contribution is 7.91. The van der Waals surface area contributed by atoms with Crippen molar-refractivity contribution in [2.24, 2.45) is 5.92 Å². The second kappa shape index (κ2) is 6.49. The van der Waals surface area contributed by atoms with Crippen molar-refractivity contribution < 1.29 is 13.2 Å². The molecule has 2 rings (SSSR count). The van der Waals surface area contributed by atoms with Crippen molar-refractivity contribution in [1.29, 1.82) is 5.26 Å². The largest absolute Gasteiger partial charge is 0.336 e. The van der Waals surface area contributed by atoms with Crippen LogP contribution < -0.4 is 0 Å². The Balaban J connectivity index is 2.16. The van der Waals surface area contributed by atoms with Crippen molar-refractivity contribution in [3.8, 4) is 6.07 Å². The van der Waals surface area contributed by atoms with Crippen LogP contribution in [0, 0.1) is 17.2 Å². The van der Waals surface area contributed by atoms with Gasteiger partial charge in [0, 0.05) is 6.54 Å². The van der Waals surface area contributed by atoms with Gasteiger partial charge in [0.05, 0.1) is 35.1 Å². The summed E-state index contributed by atoms with van der Waals surface area (Å²) in [6.07, 6.45) is 0.414. The Kier molecular flexibility index (Phi) is 4.87. The maximum absolute atomic E-state index is 12.6. The Labute approximate surface area is 131 Å². The van der Waals surface area contributed by atoms with Crippen LogP contribution in [0.2, 0.25) is 0 Å². The summed E-state index contributed by atoms with van der Waals surface area (Å²) in [6.45, 7) is 4.34. The van der Waals surface area contributed by atoms with E-state index in [1.54, 1.807) is 17.0 Å². The Morgan fingerprint density at radius 1 is 1.41 bits per heavy atom. The van der Waals surface area contributed by atoms with Gasteiger partial charge in [-0.25, -0.2) is 8.42 Å². The summed E-state index contributed by atoms with van der Waals surface area (Å²) >= 11 is 0. The van der Waals surface area contributed by atoms with Crippen molar-refractivity contribution in [3.63, 3.8) is 0 Å². The van der Waals surface area contributed by atoms with Gasteiger partial charge in [-0.05, 0) is 38.0 Å². The molecule has 118 valence electrons. The van der Waals surface area contributed by atoms with Gasteiger partial charge in [0.15, 0.2) is 9.84 Å². The lowest BCUT2D eigenvalue weighted by Crippen LogP contribution is -2.38. The van der Waals surface area contributed by atoms with E-state index in [0.29, 0.717) is 18.5 Å². The van der Waals surface area contributed by atoms with Crippen molar-refractivity contribution in [2.45, 2.75) is 26.3 Å². The number of nitriles is 1. The summed E-state index contributed by atoms with van der Waals surface area (Å²) in [6, 6.07) is 9.05. The molecule has 0 saturated carbocycles. The average Bonchev–Trinajstić information content (AvgIpc) is 2.88. The van der Waals surface area contributed by atoms with Crippen molar-refractivity contribution in [1.82, 2.24) is 4.90 Å². The topological polar surface area (TPSA) is 78.2 Å². The Morgan fingerprint density at radius 2 is 2.05 bits per heavy atom. The lowest BCUT2D eigenvalue weighted by Gasteiger charge is -2.30. The molecule has 0 aliphatic carbocycles. The van der Waals surface area contributed by atoms with Crippen LogP contribution in [0.3, 0.4) is 0 Å². The predicted octanol–water partition coefficient (Wildman–Crippen LogP) is 1.90. The molecular formula is C16H20N2O3S. The fourth-order valence-electron chi connectivity index (χ4n) is 2.86. The Hall–Kier alpha value is -1.87. The number of carbonyl (C=O) groups excluding carboxylic acids is 1. The number of amides is 1. The van der Waals surface area contributed by atoms with Crippen LogP contribution in [0.1, 0.15) is 37.4 Å². The molecule has 1 aromatic carbocycles. The van der Waals surface area contributed by atoms with Crippen LogP contribution in [-0.4, -0.2) is 37.3 Å². The normalized spacial score (nSPS) is 21.0. The molecule has 6 heteroatoms. The first kappa shape index (κ1) is 16.5. The third kappa shape index (κ3) is 3.47. The second-order valence-corrected chi connectivity index (χ2v) is 7.86. The molecule has 0 bridgehead atoms. The number of rotatable bonds is 4. The number of benzene rings is 1. The van der Waals surface area contributed by atoms with E-state index in [0.717, 1.165) is 5.56 Å². The van der Waals surface area contributed by atoms with Crippen molar-refractivity contribution in [2.75, 3.05) is 18.1 Å². The highest BCUT2D eigenvalue weighted by atomic mass is 32.2. The number of hydrogen-bond acceptors (Lipinski definition) is 4. The van der Waals surface area contributed by atoms with Crippen LogP contribution in [-0.2, 0) is 14.6 Å². The van der Waals surface area contributed by atoms with E-state index in [1.165, 1.54) is 0 Å². The number of sulfone groups is 1. The van der Waals surface area contributed by atoms with Gasteiger partial charge in [-0.2, -0.15) is 5.26 Å². The zero-order chi connectivity index (χ0) is 16.3. The van der Waals surface area contributed by atoms with Crippen LogP contribution in [0.5, 0.6) is 0 Å². The number of hydrogen-bond donors (Lipinski definition) is 0. The molecule has 1 aliphatic heterocycles. The van der Waals surface area contributed by atoms with E-state index in [2.05, 4.69) is 6.07 Å². The highest BCUT2D eigenvalue weighted by Crippen LogP contribution is 2.26. The van der Waals surface area contributed by atoms with Gasteiger partial charge >= 0.3 is 0 Å². The minimum atomic E-state index is -3.07. The summed E-state index contributed by atoms with van der Waals surface area (Å²) in [4.78, 5) is 14.3. The zero-order valence-corrected chi connectivity index (χ0v) is 13.6. The Morgan fingerprint density at radius 3 is 2.50 bits per heavy atom. The molecular weight excluding hydrogens is 300 g/mol. The number of nitrogens with zero attached hydrogens (tertiary/aromatic N) is 2. The molecule has 1 aromatic rings. The van der Waals surface area contributed by atoms with E-state index >= 15 is 0 Å². The SMILES string of the molecule is CCN(C(=O)C1CCS(=O)(=O)C1)C(C)c1ccc(C#N)cc1. The summed E-state index contributed by atoms with van der Waals surface area (Å²) in [7, 11) is -3.07. The molecule has 0 aromatic heterocycles. The molecule has 22 heavy (non-hydrogen) atoms. The van der Waals surface area contributed by atoms with Gasteiger partial charge in [-0.1, -0.05) is 12.1 Å². The molecule has 1 heterocycles. The molecule has 5 nitrogen and oxygen atoms in total. The minimum absolute atomic E-state index is 0.0393. The quantitative estimate of drug-likeness (QED) is 0.849. The average molecular weight is 320 g/mol. The second-order valence-electron chi connectivity index (χ2n) is 5.63. The molecule has 1 amide bonds. The van der Waals surface area contributed by atoms with Crippen LogP contribution in [0.25, 0.3) is 0 Å². The Bertz CT molecular complexity index is 689. The highest BCUT2D eigenvalue weighted by Gasteiger charge is 2.36. The van der Waals surface area contributed by atoms with Crippen LogP contribution >= 0.6 is 0 Å². The summed E-state index contributed by atoms with van der Waals surface area (Å²) in [5.74, 6) is -0.458. The standard InChI is InChI=1S/C16H20N2O3S/c1-3-18(16(19)15-8-9-22(20,21)11-15)12(2)14-6-4-13(10-17)5-7-14/h4-7,12,15H,3,8-9,11H2,1-2H3. The minimum Gasteiger partial charge on any atom is -0.336 e. The summed E-state index contributed by atoms with van der Waals surface area (Å²) < 4.78 is 23.1. The van der Waals surface area contributed by atoms with Gasteiger partial charge in [-0.3, -0.25) is 4.79 Å². The van der Waals surface area contributed by atoms with E-state index < -0.39 is 15.8 Å². The lowest BCUT2D eigenvalue weighted by atomic mass is 10.0. The fourth-order valence-corrected chi connectivity index (χ4v) is 4.59. The van der Waals surface area contributed by atoms with Gasteiger partial charge in [0.1, 0.15) is 0 Å². The monoisotopic (exact) mass is 320 g/mol. The maximum atomic E-state index is 12.6. The zero-order valence-electron chi connectivity index (χ0n) is 12.8. The van der Waals surface area contributed by atoms with Gasteiger partial charge in [0.25, 0.3) is 0 Å². The van der Waals surface area contributed by atoms with Crippen molar-refractivity contribution in [3.05, 3.63) is 35.4 Å². The number of carbonyl (C=O) groups is 1. The summed E-state index contributed by atoms with van der Waals surface area (Å²) in [5.41, 5.74) is 1.52. The fraction of sp³-hybridized carbons (Fsp3) is 0.500. The van der Waals surface area contributed by atoms with Gasteiger partial charge in [-0.15, -0.1) is 0 Å². The molecule has 0 radical (unpaired) electrons. The van der Waals surface area contributed by atoms with Gasteiger partial charge in [0.2, 0.25) is 5.91 Å². The van der Waals surface area contributed by atoms with Crippen LogP contribution in [0.15, 0.2) is 24.3 Å². The molecule has 2 unspecified atom stereocenters. The first-order valence-electron chi connectivity index (χ1n) is 7.39.